The molecule has 1 fully saturated rings. The molecule has 0 amide bonds. The lowest BCUT2D eigenvalue weighted by atomic mass is 10.2. The largest absolute Gasteiger partial charge is 0.480 e. The van der Waals surface area contributed by atoms with Crippen LogP contribution in [-0.2, 0) is 4.79 Å². The Morgan fingerprint density at radius 2 is 2.30 bits per heavy atom. The van der Waals surface area contributed by atoms with Gasteiger partial charge in [0.1, 0.15) is 6.04 Å². The molecule has 10 heavy (non-hydrogen) atoms. The summed E-state index contributed by atoms with van der Waals surface area (Å²) in [6.45, 7) is 0.333. The molecular weight excluding hydrogens is 154 g/mol. The van der Waals surface area contributed by atoms with E-state index in [-0.39, 0.29) is 6.42 Å². The SMILES string of the molecule is O=C(O)[C@@H]1C[C@@H](O)CN1S. The van der Waals surface area contributed by atoms with E-state index in [1.54, 1.807) is 0 Å². The normalized spacial score (nSPS) is 34.6. The summed E-state index contributed by atoms with van der Waals surface area (Å²) >= 11 is 3.88. The topological polar surface area (TPSA) is 60.8 Å². The van der Waals surface area contributed by atoms with Crippen molar-refractivity contribution in [3.8, 4) is 0 Å². The Kier molecular flexibility index (Phi) is 2.18. The van der Waals surface area contributed by atoms with Crippen molar-refractivity contribution in [1.82, 2.24) is 4.31 Å². The van der Waals surface area contributed by atoms with E-state index < -0.39 is 18.1 Å². The summed E-state index contributed by atoms with van der Waals surface area (Å²) < 4.78 is 1.34. The van der Waals surface area contributed by atoms with Crippen molar-refractivity contribution in [2.45, 2.75) is 18.6 Å². The van der Waals surface area contributed by atoms with E-state index in [1.165, 1.54) is 4.31 Å². The Labute approximate surface area is 64.0 Å². The Morgan fingerprint density at radius 1 is 1.70 bits per heavy atom. The van der Waals surface area contributed by atoms with Gasteiger partial charge < -0.3 is 10.2 Å². The lowest BCUT2D eigenvalue weighted by Gasteiger charge is -2.11. The quantitative estimate of drug-likeness (QED) is 0.450. The van der Waals surface area contributed by atoms with E-state index >= 15 is 0 Å². The minimum Gasteiger partial charge on any atom is -0.480 e. The zero-order valence-corrected chi connectivity index (χ0v) is 6.16. The van der Waals surface area contributed by atoms with Crippen LogP contribution in [0, 0.1) is 0 Å². The Balaban J connectivity index is 2.54. The number of hydrogen-bond donors (Lipinski definition) is 3. The van der Waals surface area contributed by atoms with Gasteiger partial charge in [0.2, 0.25) is 0 Å². The van der Waals surface area contributed by atoms with Crippen molar-refractivity contribution in [2.75, 3.05) is 6.54 Å². The third-order valence-electron chi connectivity index (χ3n) is 1.54. The number of rotatable bonds is 1. The van der Waals surface area contributed by atoms with Gasteiger partial charge in [-0.05, 0) is 0 Å². The van der Waals surface area contributed by atoms with Crippen LogP contribution in [0.3, 0.4) is 0 Å². The number of thiol groups is 1. The predicted octanol–water partition coefficient (Wildman–Crippen LogP) is -0.649. The van der Waals surface area contributed by atoms with Gasteiger partial charge in [0.05, 0.1) is 6.10 Å². The minimum atomic E-state index is -0.924. The summed E-state index contributed by atoms with van der Waals surface area (Å²) in [5.41, 5.74) is 0. The zero-order valence-electron chi connectivity index (χ0n) is 5.27. The second-order valence-electron chi connectivity index (χ2n) is 2.37. The molecular formula is C5H9NO3S. The first kappa shape index (κ1) is 7.84. The fraction of sp³-hybridized carbons (Fsp3) is 0.800. The molecule has 1 rings (SSSR count). The Bertz CT molecular complexity index is 152. The summed E-state index contributed by atoms with van der Waals surface area (Å²) in [7, 11) is 0. The van der Waals surface area contributed by atoms with Crippen LogP contribution in [0.25, 0.3) is 0 Å². The number of aliphatic carboxylic acids is 1. The van der Waals surface area contributed by atoms with Crippen molar-refractivity contribution >= 4 is 18.8 Å². The minimum absolute atomic E-state index is 0.277. The highest BCUT2D eigenvalue weighted by Gasteiger charge is 2.33. The summed E-state index contributed by atoms with van der Waals surface area (Å²) in [4.78, 5) is 10.4. The number of carboxylic acids is 1. The third kappa shape index (κ3) is 1.42. The van der Waals surface area contributed by atoms with E-state index in [0.717, 1.165) is 0 Å². The number of nitrogens with zero attached hydrogens (tertiary/aromatic N) is 1. The molecule has 5 heteroatoms. The summed E-state index contributed by atoms with van der Waals surface area (Å²) in [6, 6.07) is -0.627. The van der Waals surface area contributed by atoms with Crippen LogP contribution in [0.4, 0.5) is 0 Å². The molecule has 0 aromatic heterocycles. The van der Waals surface area contributed by atoms with Gasteiger partial charge in [-0.3, -0.25) is 4.79 Å². The fourth-order valence-electron chi connectivity index (χ4n) is 1.03. The maximum absolute atomic E-state index is 10.4. The molecule has 0 aliphatic carbocycles. The molecule has 0 saturated carbocycles. The molecule has 0 spiro atoms. The lowest BCUT2D eigenvalue weighted by molar-refractivity contribution is -0.140. The highest BCUT2D eigenvalue weighted by Crippen LogP contribution is 2.19. The maximum Gasteiger partial charge on any atom is 0.321 e. The van der Waals surface area contributed by atoms with Crippen molar-refractivity contribution in [1.29, 1.82) is 0 Å². The molecule has 1 aliphatic rings. The first-order chi connectivity index (χ1) is 4.61. The molecule has 2 atom stereocenters. The van der Waals surface area contributed by atoms with Gasteiger partial charge >= 0.3 is 5.97 Å². The highest BCUT2D eigenvalue weighted by atomic mass is 32.1. The van der Waals surface area contributed by atoms with Gasteiger partial charge in [-0.25, -0.2) is 4.31 Å². The average Bonchev–Trinajstić information content (AvgIpc) is 2.10. The second kappa shape index (κ2) is 2.77. The van der Waals surface area contributed by atoms with Crippen molar-refractivity contribution in [3.05, 3.63) is 0 Å². The van der Waals surface area contributed by atoms with Crippen LogP contribution in [0.2, 0.25) is 0 Å². The Hall–Kier alpha value is -0.260. The van der Waals surface area contributed by atoms with Crippen LogP contribution in [-0.4, -0.2) is 39.2 Å². The molecule has 4 nitrogen and oxygen atoms in total. The van der Waals surface area contributed by atoms with Crippen molar-refractivity contribution in [2.24, 2.45) is 0 Å². The molecule has 1 aliphatic heterocycles. The molecule has 0 radical (unpaired) electrons. The Morgan fingerprint density at radius 3 is 2.50 bits per heavy atom. The highest BCUT2D eigenvalue weighted by molar-refractivity contribution is 7.77. The molecule has 58 valence electrons. The van der Waals surface area contributed by atoms with Gasteiger partial charge in [-0.2, -0.15) is 0 Å². The molecule has 0 bridgehead atoms. The summed E-state index contributed by atoms with van der Waals surface area (Å²) in [5, 5.41) is 17.5. The van der Waals surface area contributed by atoms with Crippen LogP contribution < -0.4 is 0 Å². The standard InChI is InChI=1S/C5H9NO3S/c7-3-1-4(5(8)9)6(10)2-3/h3-4,7,10H,1-2H2,(H,8,9)/t3-,4+/m1/s1. The first-order valence-electron chi connectivity index (χ1n) is 2.97. The van der Waals surface area contributed by atoms with Gasteiger partial charge in [-0.15, -0.1) is 0 Å². The van der Waals surface area contributed by atoms with E-state index in [0.29, 0.717) is 6.54 Å². The summed E-state index contributed by atoms with van der Waals surface area (Å²) in [6.07, 6.45) is -0.266. The predicted molar refractivity (Wildman–Crippen MR) is 37.7 cm³/mol. The maximum atomic E-state index is 10.4. The second-order valence-corrected chi connectivity index (χ2v) is 2.88. The van der Waals surface area contributed by atoms with E-state index in [9.17, 15) is 4.79 Å². The van der Waals surface area contributed by atoms with Crippen LogP contribution in [0.15, 0.2) is 0 Å². The van der Waals surface area contributed by atoms with Crippen LogP contribution in [0.1, 0.15) is 6.42 Å². The smallest absolute Gasteiger partial charge is 0.321 e. The first-order valence-corrected chi connectivity index (χ1v) is 3.37. The van der Waals surface area contributed by atoms with Gasteiger partial charge in [0.25, 0.3) is 0 Å². The molecule has 0 aromatic rings. The fourth-order valence-corrected chi connectivity index (χ4v) is 1.41. The molecule has 0 unspecified atom stereocenters. The lowest BCUT2D eigenvalue weighted by Crippen LogP contribution is -2.28. The molecule has 1 heterocycles. The van der Waals surface area contributed by atoms with Crippen molar-refractivity contribution in [3.63, 3.8) is 0 Å². The number of carbonyl (C=O) groups is 1. The number of β-amino-alcohol motifs (C(OH)–C–C–N with tert-alkyl or cyclic N) is 1. The van der Waals surface area contributed by atoms with E-state index in [4.69, 9.17) is 10.2 Å². The van der Waals surface area contributed by atoms with Gasteiger partial charge in [0, 0.05) is 13.0 Å². The van der Waals surface area contributed by atoms with E-state index in [2.05, 4.69) is 12.8 Å². The van der Waals surface area contributed by atoms with E-state index in [1.807, 2.05) is 0 Å². The number of aliphatic hydroxyl groups excluding tert-OH is 1. The van der Waals surface area contributed by atoms with Crippen LogP contribution in [0.5, 0.6) is 0 Å². The number of aliphatic hydroxyl groups is 1. The average molecular weight is 163 g/mol. The monoisotopic (exact) mass is 163 g/mol. The molecule has 1 saturated heterocycles. The molecule has 2 N–H and O–H groups in total. The van der Waals surface area contributed by atoms with Gasteiger partial charge in [-0.1, -0.05) is 12.8 Å². The number of hydrogen-bond acceptors (Lipinski definition) is 4. The van der Waals surface area contributed by atoms with Crippen molar-refractivity contribution < 1.29 is 15.0 Å². The number of carboxylic acid groups (broad SMARTS) is 1. The third-order valence-corrected chi connectivity index (χ3v) is 1.98. The molecule has 0 aromatic carbocycles. The zero-order chi connectivity index (χ0) is 7.72. The summed E-state index contributed by atoms with van der Waals surface area (Å²) in [5.74, 6) is -0.924. The van der Waals surface area contributed by atoms with Crippen LogP contribution >= 0.6 is 12.8 Å². The van der Waals surface area contributed by atoms with Gasteiger partial charge in [0.15, 0.2) is 0 Å².